The summed E-state index contributed by atoms with van der Waals surface area (Å²) in [7, 11) is -3.21. The molecule has 0 saturated heterocycles. The molecule has 8 heteroatoms. The predicted molar refractivity (Wildman–Crippen MR) is 89.4 cm³/mol. The van der Waals surface area contributed by atoms with Crippen molar-refractivity contribution in [1.29, 1.82) is 0 Å². The van der Waals surface area contributed by atoms with Crippen molar-refractivity contribution >= 4 is 43.3 Å². The second-order valence-corrected chi connectivity index (χ2v) is 8.24. The van der Waals surface area contributed by atoms with Crippen LogP contribution >= 0.6 is 15.9 Å². The number of aryl methyl sites for hydroxylation is 1. The quantitative estimate of drug-likeness (QED) is 0.771. The molecule has 0 spiro atoms. The lowest BCUT2D eigenvalue weighted by atomic mass is 10.2. The third kappa shape index (κ3) is 6.57. The van der Waals surface area contributed by atoms with Crippen LogP contribution in [-0.2, 0) is 19.4 Å². The fraction of sp³-hybridized carbons (Fsp3) is 0.429. The Kier molecular flexibility index (Phi) is 6.55. The molecule has 2 N–H and O–H groups in total. The van der Waals surface area contributed by atoms with Crippen LogP contribution in [-0.4, -0.2) is 38.3 Å². The topological polar surface area (TPSA) is 92.3 Å². The fourth-order valence-electron chi connectivity index (χ4n) is 1.80. The number of rotatable bonds is 6. The molecular weight excluding hydrogens is 372 g/mol. The summed E-state index contributed by atoms with van der Waals surface area (Å²) in [6.45, 7) is 3.17. The molecule has 22 heavy (non-hydrogen) atoms. The number of carbonyl (C=O) groups excluding carboxylic acids is 2. The molecule has 2 amide bonds. The van der Waals surface area contributed by atoms with Gasteiger partial charge in [-0.15, -0.1) is 0 Å². The Morgan fingerprint density at radius 2 is 1.95 bits per heavy atom. The van der Waals surface area contributed by atoms with Gasteiger partial charge < -0.3 is 10.6 Å². The van der Waals surface area contributed by atoms with Crippen LogP contribution in [0.25, 0.3) is 0 Å². The molecular formula is C14H19BrN2O4S. The minimum absolute atomic E-state index is 0.0275. The zero-order valence-corrected chi connectivity index (χ0v) is 15.0. The highest BCUT2D eigenvalue weighted by Crippen LogP contribution is 2.20. The maximum absolute atomic E-state index is 12.2. The molecule has 0 aliphatic heterocycles. The molecule has 0 fully saturated rings. The monoisotopic (exact) mass is 390 g/mol. The van der Waals surface area contributed by atoms with Crippen molar-refractivity contribution in [2.45, 2.75) is 26.3 Å². The summed E-state index contributed by atoms with van der Waals surface area (Å²) in [4.78, 5) is 23.4. The van der Waals surface area contributed by atoms with Gasteiger partial charge in [0.1, 0.15) is 15.9 Å². The first kappa shape index (κ1) is 18.6. The van der Waals surface area contributed by atoms with Crippen molar-refractivity contribution in [3.05, 3.63) is 28.2 Å². The maximum Gasteiger partial charge on any atom is 0.246 e. The van der Waals surface area contributed by atoms with Crippen molar-refractivity contribution in [3.63, 3.8) is 0 Å². The van der Waals surface area contributed by atoms with E-state index in [1.165, 1.54) is 6.92 Å². The first-order valence-corrected chi connectivity index (χ1v) is 9.45. The number of nitrogens with one attached hydrogen (secondary N) is 2. The standard InChI is InChI=1S/C14H19BrN2O4S/c1-9-8-11(4-5-12(9)15)17-14(19)13(16-10(2)18)6-7-22(3,20)21/h4-5,8,13H,6-7H2,1-3H3,(H,16,18)(H,17,19). The smallest absolute Gasteiger partial charge is 0.246 e. The molecule has 1 aromatic rings. The molecule has 0 aliphatic rings. The van der Waals surface area contributed by atoms with Crippen LogP contribution in [0.3, 0.4) is 0 Å². The highest BCUT2D eigenvalue weighted by Gasteiger charge is 2.21. The third-order valence-electron chi connectivity index (χ3n) is 2.90. The SMILES string of the molecule is CC(=O)NC(CCS(C)(=O)=O)C(=O)Nc1ccc(Br)c(C)c1. The summed E-state index contributed by atoms with van der Waals surface area (Å²) in [5.74, 6) is -1.01. The van der Waals surface area contributed by atoms with E-state index >= 15 is 0 Å². The number of halogens is 1. The minimum Gasteiger partial charge on any atom is -0.345 e. The van der Waals surface area contributed by atoms with E-state index in [4.69, 9.17) is 0 Å². The predicted octanol–water partition coefficient (Wildman–Crippen LogP) is 1.64. The molecule has 0 heterocycles. The molecule has 0 bridgehead atoms. The van der Waals surface area contributed by atoms with E-state index < -0.39 is 21.8 Å². The number of anilines is 1. The number of sulfone groups is 1. The zero-order chi connectivity index (χ0) is 16.9. The highest BCUT2D eigenvalue weighted by atomic mass is 79.9. The second kappa shape index (κ2) is 7.73. The number of amides is 2. The van der Waals surface area contributed by atoms with E-state index in [0.29, 0.717) is 5.69 Å². The summed E-state index contributed by atoms with van der Waals surface area (Å²) >= 11 is 3.37. The van der Waals surface area contributed by atoms with E-state index in [-0.39, 0.29) is 18.1 Å². The molecule has 1 rings (SSSR count). The molecule has 122 valence electrons. The van der Waals surface area contributed by atoms with Gasteiger partial charge in [-0.25, -0.2) is 8.42 Å². The van der Waals surface area contributed by atoms with Crippen molar-refractivity contribution in [2.24, 2.45) is 0 Å². The third-order valence-corrected chi connectivity index (χ3v) is 4.76. The van der Waals surface area contributed by atoms with Gasteiger partial charge in [0.15, 0.2) is 0 Å². The van der Waals surface area contributed by atoms with Crippen molar-refractivity contribution in [1.82, 2.24) is 5.32 Å². The summed E-state index contributed by atoms with van der Waals surface area (Å²) in [6.07, 6.45) is 1.12. The van der Waals surface area contributed by atoms with E-state index in [9.17, 15) is 18.0 Å². The van der Waals surface area contributed by atoms with Crippen LogP contribution in [0.4, 0.5) is 5.69 Å². The lowest BCUT2D eigenvalue weighted by Gasteiger charge is -2.17. The van der Waals surface area contributed by atoms with Gasteiger partial charge in [0.25, 0.3) is 0 Å². The Hall–Kier alpha value is -1.41. The van der Waals surface area contributed by atoms with Gasteiger partial charge >= 0.3 is 0 Å². The average Bonchev–Trinajstić information content (AvgIpc) is 2.37. The average molecular weight is 391 g/mol. The number of hydrogen-bond acceptors (Lipinski definition) is 4. The highest BCUT2D eigenvalue weighted by molar-refractivity contribution is 9.10. The largest absolute Gasteiger partial charge is 0.345 e. The Morgan fingerprint density at radius 3 is 2.45 bits per heavy atom. The zero-order valence-electron chi connectivity index (χ0n) is 12.6. The van der Waals surface area contributed by atoms with E-state index in [1.807, 2.05) is 6.92 Å². The number of carbonyl (C=O) groups is 2. The van der Waals surface area contributed by atoms with Gasteiger partial charge in [-0.3, -0.25) is 9.59 Å². The number of benzene rings is 1. The maximum atomic E-state index is 12.2. The van der Waals surface area contributed by atoms with Crippen LogP contribution in [0.15, 0.2) is 22.7 Å². The van der Waals surface area contributed by atoms with E-state index in [1.54, 1.807) is 18.2 Å². The van der Waals surface area contributed by atoms with Crippen molar-refractivity contribution in [2.75, 3.05) is 17.3 Å². The van der Waals surface area contributed by atoms with Gasteiger partial charge in [0.05, 0.1) is 5.75 Å². The van der Waals surface area contributed by atoms with Crippen LogP contribution in [0, 0.1) is 6.92 Å². The molecule has 6 nitrogen and oxygen atoms in total. The first-order valence-electron chi connectivity index (χ1n) is 6.60. The summed E-state index contributed by atoms with van der Waals surface area (Å²) in [5, 5.41) is 5.16. The Morgan fingerprint density at radius 1 is 1.32 bits per heavy atom. The Labute approximate surface area is 138 Å². The molecule has 0 aromatic heterocycles. The first-order chi connectivity index (χ1) is 10.1. The van der Waals surface area contributed by atoms with Crippen LogP contribution < -0.4 is 10.6 Å². The molecule has 1 unspecified atom stereocenters. The lowest BCUT2D eigenvalue weighted by molar-refractivity contribution is -0.125. The summed E-state index contributed by atoms with van der Waals surface area (Å²) in [6, 6.07) is 4.41. The van der Waals surface area contributed by atoms with Crippen LogP contribution in [0.2, 0.25) is 0 Å². The van der Waals surface area contributed by atoms with Crippen LogP contribution in [0.5, 0.6) is 0 Å². The van der Waals surface area contributed by atoms with E-state index in [0.717, 1.165) is 16.3 Å². The normalized spacial score (nSPS) is 12.5. The van der Waals surface area contributed by atoms with Crippen LogP contribution in [0.1, 0.15) is 18.9 Å². The van der Waals surface area contributed by atoms with E-state index in [2.05, 4.69) is 26.6 Å². The summed E-state index contributed by atoms with van der Waals surface area (Å²) < 4.78 is 23.4. The molecule has 0 aliphatic carbocycles. The van der Waals surface area contributed by atoms with Crippen molar-refractivity contribution < 1.29 is 18.0 Å². The van der Waals surface area contributed by atoms with Gasteiger partial charge in [-0.2, -0.15) is 0 Å². The van der Waals surface area contributed by atoms with Gasteiger partial charge in [-0.05, 0) is 37.1 Å². The van der Waals surface area contributed by atoms with Gasteiger partial charge in [-0.1, -0.05) is 15.9 Å². The number of hydrogen-bond donors (Lipinski definition) is 2. The minimum atomic E-state index is -3.21. The fourth-order valence-corrected chi connectivity index (χ4v) is 2.71. The van der Waals surface area contributed by atoms with Gasteiger partial charge in [0, 0.05) is 23.3 Å². The second-order valence-electron chi connectivity index (χ2n) is 5.12. The molecule has 1 atom stereocenters. The Bertz CT molecular complexity index is 673. The molecule has 0 saturated carbocycles. The summed E-state index contributed by atoms with van der Waals surface area (Å²) in [5.41, 5.74) is 1.53. The molecule has 0 radical (unpaired) electrons. The lowest BCUT2D eigenvalue weighted by Crippen LogP contribution is -2.43. The van der Waals surface area contributed by atoms with Crippen molar-refractivity contribution in [3.8, 4) is 0 Å². The molecule has 1 aromatic carbocycles. The van der Waals surface area contributed by atoms with Gasteiger partial charge in [0.2, 0.25) is 11.8 Å². The Balaban J connectivity index is 2.81.